The topological polar surface area (TPSA) is 49.4 Å². The van der Waals surface area contributed by atoms with Gasteiger partial charge in [-0.3, -0.25) is 14.5 Å². The Morgan fingerprint density at radius 2 is 1.71 bits per heavy atom. The van der Waals surface area contributed by atoms with Crippen LogP contribution in [0.2, 0.25) is 0 Å². The molecule has 2 aliphatic rings. The maximum absolute atomic E-state index is 12.0. The lowest BCUT2D eigenvalue weighted by atomic mass is 10.1. The van der Waals surface area contributed by atoms with E-state index in [1.807, 2.05) is 6.08 Å². The standard InChI is InChI=1S/C13H12N2O2/c16-12-10-3-1-2-4-11(10)13(17)15(12)6-5-9-7-14-8-9/h1-5,14H,6-8H2. The summed E-state index contributed by atoms with van der Waals surface area (Å²) in [6, 6.07) is 6.96. The van der Waals surface area contributed by atoms with Crippen LogP contribution in [0.4, 0.5) is 0 Å². The van der Waals surface area contributed by atoms with Gasteiger partial charge in [-0.05, 0) is 17.7 Å². The first-order valence-electron chi connectivity index (χ1n) is 5.61. The highest BCUT2D eigenvalue weighted by molar-refractivity contribution is 6.21. The first-order valence-corrected chi connectivity index (χ1v) is 5.61. The minimum Gasteiger partial charge on any atom is -0.309 e. The van der Waals surface area contributed by atoms with Gasteiger partial charge in [0.2, 0.25) is 0 Å². The number of nitrogens with zero attached hydrogens (tertiary/aromatic N) is 1. The second-order valence-corrected chi connectivity index (χ2v) is 4.23. The Morgan fingerprint density at radius 1 is 1.12 bits per heavy atom. The van der Waals surface area contributed by atoms with E-state index >= 15 is 0 Å². The lowest BCUT2D eigenvalue weighted by molar-refractivity contribution is 0.0671. The third-order valence-corrected chi connectivity index (χ3v) is 3.14. The van der Waals surface area contributed by atoms with Crippen molar-refractivity contribution in [3.63, 3.8) is 0 Å². The fraction of sp³-hybridized carbons (Fsp3) is 0.231. The highest BCUT2D eigenvalue weighted by Crippen LogP contribution is 2.22. The number of carbonyl (C=O) groups excluding carboxylic acids is 2. The third kappa shape index (κ3) is 1.57. The molecule has 0 bridgehead atoms. The highest BCUT2D eigenvalue weighted by atomic mass is 16.2. The SMILES string of the molecule is O=C1c2ccccc2C(=O)N1CC=C1CNC1. The Hall–Kier alpha value is -1.94. The first kappa shape index (κ1) is 10.2. The van der Waals surface area contributed by atoms with Crippen molar-refractivity contribution in [2.24, 2.45) is 0 Å². The van der Waals surface area contributed by atoms with Gasteiger partial charge in [-0.2, -0.15) is 0 Å². The molecule has 1 saturated heterocycles. The van der Waals surface area contributed by atoms with Crippen LogP contribution in [0.25, 0.3) is 0 Å². The zero-order valence-electron chi connectivity index (χ0n) is 9.27. The van der Waals surface area contributed by atoms with Crippen molar-refractivity contribution in [1.82, 2.24) is 10.2 Å². The molecular weight excluding hydrogens is 216 g/mol. The fourth-order valence-electron chi connectivity index (χ4n) is 2.04. The number of nitrogens with one attached hydrogen (secondary N) is 1. The summed E-state index contributed by atoms with van der Waals surface area (Å²) in [7, 11) is 0. The van der Waals surface area contributed by atoms with E-state index in [2.05, 4.69) is 5.32 Å². The van der Waals surface area contributed by atoms with E-state index in [9.17, 15) is 9.59 Å². The summed E-state index contributed by atoms with van der Waals surface area (Å²) in [5.74, 6) is -0.371. The predicted molar refractivity (Wildman–Crippen MR) is 62.8 cm³/mol. The molecule has 3 rings (SSSR count). The zero-order valence-corrected chi connectivity index (χ0v) is 9.27. The molecule has 0 unspecified atom stereocenters. The Balaban J connectivity index is 1.85. The van der Waals surface area contributed by atoms with Crippen LogP contribution < -0.4 is 5.32 Å². The van der Waals surface area contributed by atoms with Crippen LogP contribution in [-0.2, 0) is 0 Å². The molecule has 4 heteroatoms. The van der Waals surface area contributed by atoms with Crippen LogP contribution in [-0.4, -0.2) is 36.3 Å². The van der Waals surface area contributed by atoms with Crippen molar-refractivity contribution in [2.45, 2.75) is 0 Å². The molecule has 0 saturated carbocycles. The second-order valence-electron chi connectivity index (χ2n) is 4.23. The van der Waals surface area contributed by atoms with Crippen molar-refractivity contribution < 1.29 is 9.59 Å². The maximum atomic E-state index is 12.0. The molecule has 17 heavy (non-hydrogen) atoms. The number of fused-ring (bicyclic) bond motifs is 1. The van der Waals surface area contributed by atoms with E-state index < -0.39 is 0 Å². The Morgan fingerprint density at radius 3 is 2.18 bits per heavy atom. The molecule has 0 spiro atoms. The van der Waals surface area contributed by atoms with Gasteiger partial charge in [0.25, 0.3) is 11.8 Å². The molecule has 0 radical (unpaired) electrons. The summed E-state index contributed by atoms with van der Waals surface area (Å²) in [6.07, 6.45) is 1.96. The van der Waals surface area contributed by atoms with Crippen molar-refractivity contribution in [2.75, 3.05) is 19.6 Å². The van der Waals surface area contributed by atoms with Gasteiger partial charge in [-0.25, -0.2) is 0 Å². The van der Waals surface area contributed by atoms with E-state index in [0.717, 1.165) is 13.1 Å². The van der Waals surface area contributed by atoms with Gasteiger partial charge in [0, 0.05) is 19.6 Å². The van der Waals surface area contributed by atoms with Crippen LogP contribution >= 0.6 is 0 Å². The second kappa shape index (κ2) is 3.82. The summed E-state index contributed by atoms with van der Waals surface area (Å²) in [4.78, 5) is 25.3. The van der Waals surface area contributed by atoms with Crippen molar-refractivity contribution in [1.29, 1.82) is 0 Å². The predicted octanol–water partition coefficient (Wildman–Crippen LogP) is 0.812. The van der Waals surface area contributed by atoms with E-state index in [0.29, 0.717) is 17.7 Å². The van der Waals surface area contributed by atoms with Crippen molar-refractivity contribution in [3.8, 4) is 0 Å². The van der Waals surface area contributed by atoms with Crippen LogP contribution in [0.15, 0.2) is 35.9 Å². The monoisotopic (exact) mass is 228 g/mol. The lowest BCUT2D eigenvalue weighted by Crippen LogP contribution is -2.36. The van der Waals surface area contributed by atoms with E-state index in [-0.39, 0.29) is 11.8 Å². The van der Waals surface area contributed by atoms with Gasteiger partial charge in [0.05, 0.1) is 11.1 Å². The number of imide groups is 1. The summed E-state index contributed by atoms with van der Waals surface area (Å²) in [5, 5.41) is 3.12. The first-order chi connectivity index (χ1) is 8.27. The molecule has 86 valence electrons. The molecule has 4 nitrogen and oxygen atoms in total. The molecule has 0 aromatic heterocycles. The minimum absolute atomic E-state index is 0.185. The lowest BCUT2D eigenvalue weighted by Gasteiger charge is -2.20. The largest absolute Gasteiger partial charge is 0.309 e. The van der Waals surface area contributed by atoms with Crippen LogP contribution in [0, 0.1) is 0 Å². The molecule has 0 aliphatic carbocycles. The molecular formula is C13H12N2O2. The smallest absolute Gasteiger partial charge is 0.261 e. The normalized spacial score (nSPS) is 18.1. The highest BCUT2D eigenvalue weighted by Gasteiger charge is 2.34. The van der Waals surface area contributed by atoms with Crippen molar-refractivity contribution in [3.05, 3.63) is 47.0 Å². The van der Waals surface area contributed by atoms with Gasteiger partial charge >= 0.3 is 0 Å². The van der Waals surface area contributed by atoms with E-state index in [1.54, 1.807) is 24.3 Å². The zero-order chi connectivity index (χ0) is 11.8. The molecule has 1 aromatic carbocycles. The number of hydrogen-bond donors (Lipinski definition) is 1. The van der Waals surface area contributed by atoms with Gasteiger partial charge in [-0.1, -0.05) is 18.2 Å². The molecule has 1 N–H and O–H groups in total. The van der Waals surface area contributed by atoms with Crippen LogP contribution in [0.5, 0.6) is 0 Å². The van der Waals surface area contributed by atoms with Crippen molar-refractivity contribution >= 4 is 11.8 Å². The summed E-state index contributed by atoms with van der Waals surface area (Å²) in [6.45, 7) is 2.11. The molecule has 1 aromatic rings. The van der Waals surface area contributed by atoms with Gasteiger partial charge < -0.3 is 5.32 Å². The minimum atomic E-state index is -0.185. The van der Waals surface area contributed by atoms with Gasteiger partial charge in [-0.15, -0.1) is 0 Å². The van der Waals surface area contributed by atoms with Crippen LogP contribution in [0.1, 0.15) is 20.7 Å². The third-order valence-electron chi connectivity index (χ3n) is 3.14. The molecule has 1 fully saturated rings. The number of amides is 2. The van der Waals surface area contributed by atoms with E-state index in [4.69, 9.17) is 0 Å². The summed E-state index contributed by atoms with van der Waals surface area (Å²) >= 11 is 0. The molecule has 2 aliphatic heterocycles. The molecule has 0 atom stereocenters. The van der Waals surface area contributed by atoms with Gasteiger partial charge in [0.1, 0.15) is 0 Å². The molecule has 2 amide bonds. The Kier molecular flexibility index (Phi) is 2.30. The average Bonchev–Trinajstić information content (AvgIpc) is 2.53. The Bertz CT molecular complexity index is 493. The average molecular weight is 228 g/mol. The van der Waals surface area contributed by atoms with E-state index in [1.165, 1.54) is 10.5 Å². The number of carbonyl (C=O) groups is 2. The maximum Gasteiger partial charge on any atom is 0.261 e. The number of rotatable bonds is 2. The summed E-state index contributed by atoms with van der Waals surface area (Å²) < 4.78 is 0. The summed E-state index contributed by atoms with van der Waals surface area (Å²) in [5.41, 5.74) is 2.28. The Labute approximate surface area is 98.9 Å². The fourth-order valence-corrected chi connectivity index (χ4v) is 2.04. The molecule has 2 heterocycles. The number of benzene rings is 1. The quantitative estimate of drug-likeness (QED) is 0.602. The number of hydrogen-bond acceptors (Lipinski definition) is 3. The van der Waals surface area contributed by atoms with Crippen LogP contribution in [0.3, 0.4) is 0 Å². The van der Waals surface area contributed by atoms with Gasteiger partial charge in [0.15, 0.2) is 0 Å².